The Morgan fingerprint density at radius 3 is 2.42 bits per heavy atom. The second-order valence-electron chi connectivity index (χ2n) is 7.89. The molecule has 0 aliphatic carbocycles. The highest BCUT2D eigenvalue weighted by atomic mass is 35.5. The Bertz CT molecular complexity index is 1380. The molecule has 1 N–H and O–H groups in total. The summed E-state index contributed by atoms with van der Waals surface area (Å²) in [4.78, 5) is 38.8. The first-order valence-corrected chi connectivity index (χ1v) is 12.6. The van der Waals surface area contributed by atoms with Gasteiger partial charge in [0.2, 0.25) is 0 Å². The summed E-state index contributed by atoms with van der Waals surface area (Å²) in [5.74, 6) is -0.226. The lowest BCUT2D eigenvalue weighted by atomic mass is 10.2. The number of nitrogens with zero attached hydrogens (tertiary/aromatic N) is 1. The fourth-order valence-corrected chi connectivity index (χ4v) is 4.62. The number of carbonyl (C=O) groups excluding carboxylic acids is 3. The smallest absolute Gasteiger partial charge is 0.293 e. The summed E-state index contributed by atoms with van der Waals surface area (Å²) in [5.41, 5.74) is 2.91. The van der Waals surface area contributed by atoms with Crippen molar-refractivity contribution in [1.82, 2.24) is 4.90 Å². The van der Waals surface area contributed by atoms with Crippen LogP contribution in [-0.4, -0.2) is 28.6 Å². The predicted molar refractivity (Wildman–Crippen MR) is 145 cm³/mol. The van der Waals surface area contributed by atoms with E-state index in [4.69, 9.17) is 39.5 Å². The molecule has 0 unspecified atom stereocenters. The van der Waals surface area contributed by atoms with Gasteiger partial charge in [-0.3, -0.25) is 19.3 Å². The highest BCUT2D eigenvalue weighted by molar-refractivity contribution is 8.18. The van der Waals surface area contributed by atoms with E-state index in [1.54, 1.807) is 60.7 Å². The van der Waals surface area contributed by atoms with Crippen molar-refractivity contribution in [2.45, 2.75) is 13.5 Å². The van der Waals surface area contributed by atoms with Gasteiger partial charge in [0.1, 0.15) is 5.75 Å². The van der Waals surface area contributed by atoms with Gasteiger partial charge in [0.25, 0.3) is 17.1 Å². The summed E-state index contributed by atoms with van der Waals surface area (Å²) in [6, 6.07) is 17.1. The van der Waals surface area contributed by atoms with Gasteiger partial charge in [-0.15, -0.1) is 0 Å². The molecule has 3 aromatic rings. The number of hydrogen-bond donors (Lipinski definition) is 1. The van der Waals surface area contributed by atoms with Crippen LogP contribution in [0.3, 0.4) is 0 Å². The predicted octanol–water partition coefficient (Wildman–Crippen LogP) is 7.21. The molecule has 0 bridgehead atoms. The lowest BCUT2D eigenvalue weighted by Crippen LogP contribution is -2.27. The van der Waals surface area contributed by atoms with E-state index in [0.717, 1.165) is 22.2 Å². The maximum atomic E-state index is 12.8. The SMILES string of the molecule is Cc1ccc(NC(=O)COc2ccc(/C=C3\SC(=O)N(Cc4ccc(Cl)c(Cl)c4)C3=O)cc2)cc1Cl. The van der Waals surface area contributed by atoms with Gasteiger partial charge in [-0.2, -0.15) is 0 Å². The number of hydrogen-bond acceptors (Lipinski definition) is 5. The molecule has 4 rings (SSSR count). The maximum Gasteiger partial charge on any atom is 0.293 e. The zero-order valence-corrected chi connectivity index (χ0v) is 22.0. The Morgan fingerprint density at radius 2 is 1.72 bits per heavy atom. The Morgan fingerprint density at radius 1 is 0.972 bits per heavy atom. The summed E-state index contributed by atoms with van der Waals surface area (Å²) in [5, 5.41) is 3.69. The van der Waals surface area contributed by atoms with Gasteiger partial charge in [0.05, 0.1) is 21.5 Å². The molecule has 3 amide bonds. The van der Waals surface area contributed by atoms with Gasteiger partial charge in [0, 0.05) is 10.7 Å². The molecule has 0 saturated carbocycles. The van der Waals surface area contributed by atoms with Gasteiger partial charge in [-0.05, 0) is 77.9 Å². The number of nitrogens with one attached hydrogen (secondary N) is 1. The van der Waals surface area contributed by atoms with Gasteiger partial charge < -0.3 is 10.1 Å². The Balaban J connectivity index is 1.34. The molecule has 3 aromatic carbocycles. The molecule has 184 valence electrons. The lowest BCUT2D eigenvalue weighted by molar-refractivity contribution is -0.123. The number of halogens is 3. The third-order valence-electron chi connectivity index (χ3n) is 5.20. The number of ether oxygens (including phenoxy) is 1. The van der Waals surface area contributed by atoms with Crippen LogP contribution in [-0.2, 0) is 16.1 Å². The van der Waals surface area contributed by atoms with E-state index in [1.165, 1.54) is 0 Å². The fourth-order valence-electron chi connectivity index (χ4n) is 3.29. The molecule has 0 atom stereocenters. The minimum absolute atomic E-state index is 0.0997. The molecule has 1 saturated heterocycles. The maximum absolute atomic E-state index is 12.8. The molecule has 1 heterocycles. The van der Waals surface area contributed by atoms with Crippen LogP contribution < -0.4 is 10.1 Å². The number of aryl methyl sites for hydroxylation is 1. The van der Waals surface area contributed by atoms with Gasteiger partial charge >= 0.3 is 0 Å². The van der Waals surface area contributed by atoms with Crippen LogP contribution in [0.15, 0.2) is 65.6 Å². The summed E-state index contributed by atoms with van der Waals surface area (Å²) < 4.78 is 5.54. The van der Waals surface area contributed by atoms with Crippen molar-refractivity contribution in [1.29, 1.82) is 0 Å². The summed E-state index contributed by atoms with van der Waals surface area (Å²) in [6.45, 7) is 1.80. The molecular formula is C26H19Cl3N2O4S. The number of rotatable bonds is 7. The van der Waals surface area contributed by atoms with Crippen LogP contribution >= 0.6 is 46.6 Å². The fraction of sp³-hybridized carbons (Fsp3) is 0.115. The van der Waals surface area contributed by atoms with Gasteiger partial charge in [0.15, 0.2) is 6.61 Å². The number of anilines is 1. The lowest BCUT2D eigenvalue weighted by Gasteiger charge is -2.13. The minimum atomic E-state index is -0.385. The Labute approximate surface area is 227 Å². The summed E-state index contributed by atoms with van der Waals surface area (Å²) in [7, 11) is 0. The molecule has 0 aromatic heterocycles. The quantitative estimate of drug-likeness (QED) is 0.309. The van der Waals surface area contributed by atoms with Gasteiger partial charge in [-0.1, -0.05) is 59.1 Å². The molecule has 0 spiro atoms. The van der Waals surface area contributed by atoms with Crippen LogP contribution in [0, 0.1) is 6.92 Å². The van der Waals surface area contributed by atoms with E-state index in [-0.39, 0.29) is 30.2 Å². The molecule has 1 aliphatic rings. The van der Waals surface area contributed by atoms with Crippen LogP contribution in [0.1, 0.15) is 16.7 Å². The normalized spacial score (nSPS) is 14.4. The average Bonchev–Trinajstić information content (AvgIpc) is 3.10. The minimum Gasteiger partial charge on any atom is -0.484 e. The van der Waals surface area contributed by atoms with E-state index in [9.17, 15) is 14.4 Å². The summed E-state index contributed by atoms with van der Waals surface area (Å²) >= 11 is 18.9. The number of amides is 3. The third-order valence-corrected chi connectivity index (χ3v) is 7.26. The van der Waals surface area contributed by atoms with Crippen molar-refractivity contribution in [3.8, 4) is 5.75 Å². The molecular weight excluding hydrogens is 543 g/mol. The molecule has 0 radical (unpaired) electrons. The van der Waals surface area contributed by atoms with E-state index >= 15 is 0 Å². The van der Waals surface area contributed by atoms with Crippen LogP contribution in [0.2, 0.25) is 15.1 Å². The number of thioether (sulfide) groups is 1. The van der Waals surface area contributed by atoms with Crippen molar-refractivity contribution in [2.75, 3.05) is 11.9 Å². The third kappa shape index (κ3) is 6.42. The van der Waals surface area contributed by atoms with Crippen molar-refractivity contribution >= 4 is 75.4 Å². The Hall–Kier alpha value is -2.97. The zero-order valence-electron chi connectivity index (χ0n) is 18.9. The van der Waals surface area contributed by atoms with Crippen LogP contribution in [0.5, 0.6) is 5.75 Å². The monoisotopic (exact) mass is 560 g/mol. The molecule has 10 heteroatoms. The van der Waals surface area contributed by atoms with Crippen LogP contribution in [0.4, 0.5) is 10.5 Å². The average molecular weight is 562 g/mol. The van der Waals surface area contributed by atoms with Gasteiger partial charge in [-0.25, -0.2) is 0 Å². The van der Waals surface area contributed by atoms with E-state index in [1.807, 2.05) is 13.0 Å². The summed E-state index contributed by atoms with van der Waals surface area (Å²) in [6.07, 6.45) is 1.64. The largest absolute Gasteiger partial charge is 0.484 e. The Kier molecular flexibility index (Phi) is 8.26. The topological polar surface area (TPSA) is 75.7 Å². The number of carbonyl (C=O) groups is 3. The van der Waals surface area contributed by atoms with Crippen LogP contribution in [0.25, 0.3) is 6.08 Å². The van der Waals surface area contributed by atoms with Crippen molar-refractivity contribution in [2.24, 2.45) is 0 Å². The van der Waals surface area contributed by atoms with E-state index in [0.29, 0.717) is 42.5 Å². The number of imide groups is 1. The number of benzene rings is 3. The van der Waals surface area contributed by atoms with Crippen molar-refractivity contribution in [3.63, 3.8) is 0 Å². The molecule has 36 heavy (non-hydrogen) atoms. The van der Waals surface area contributed by atoms with Crippen molar-refractivity contribution in [3.05, 3.63) is 97.3 Å². The second kappa shape index (κ2) is 11.4. The second-order valence-corrected chi connectivity index (χ2v) is 10.1. The zero-order chi connectivity index (χ0) is 25.8. The first-order valence-electron chi connectivity index (χ1n) is 10.7. The standard InChI is InChI=1S/C26H19Cl3N2O4S/c1-15-2-6-18(12-21(15)28)30-24(32)14-35-19-7-3-16(4-8-19)11-23-25(33)31(26(34)36-23)13-17-5-9-20(27)22(29)10-17/h2-12H,13-14H2,1H3,(H,30,32)/b23-11-. The molecule has 1 aliphatic heterocycles. The van der Waals surface area contributed by atoms with E-state index < -0.39 is 0 Å². The highest BCUT2D eigenvalue weighted by Crippen LogP contribution is 2.34. The molecule has 6 nitrogen and oxygen atoms in total. The van der Waals surface area contributed by atoms with Crippen molar-refractivity contribution < 1.29 is 19.1 Å². The molecule has 1 fully saturated rings. The highest BCUT2D eigenvalue weighted by Gasteiger charge is 2.35. The first kappa shape index (κ1) is 26.1. The first-order chi connectivity index (χ1) is 17.2. The van der Waals surface area contributed by atoms with E-state index in [2.05, 4.69) is 5.32 Å².